The summed E-state index contributed by atoms with van der Waals surface area (Å²) in [6.45, 7) is 4.80. The molecule has 1 amide bonds. The molecular formula is C21H25N3O2S. The number of carbonyl (C=O) groups is 1. The van der Waals surface area contributed by atoms with Crippen molar-refractivity contribution < 1.29 is 9.53 Å². The minimum absolute atomic E-state index is 0.255. The van der Waals surface area contributed by atoms with Crippen LogP contribution in [0.5, 0.6) is 5.75 Å². The predicted octanol–water partition coefficient (Wildman–Crippen LogP) is 3.69. The molecule has 1 heterocycles. The Balaban J connectivity index is 1.47. The molecule has 5 nitrogen and oxygen atoms in total. The molecule has 3 rings (SSSR count). The number of anilines is 1. The highest BCUT2D eigenvalue weighted by Crippen LogP contribution is 2.17. The number of likely N-dealkylation sites (tertiary alicyclic amines) is 1. The second-order valence-corrected chi connectivity index (χ2v) is 6.91. The van der Waals surface area contributed by atoms with Crippen LogP contribution in [0.25, 0.3) is 0 Å². The summed E-state index contributed by atoms with van der Waals surface area (Å²) >= 11 is 5.37. The van der Waals surface area contributed by atoms with Crippen LogP contribution in [0.3, 0.4) is 0 Å². The molecule has 0 unspecified atom stereocenters. The largest absolute Gasteiger partial charge is 0.494 e. The molecule has 0 bridgehead atoms. The van der Waals surface area contributed by atoms with E-state index in [-0.39, 0.29) is 5.91 Å². The Labute approximate surface area is 165 Å². The van der Waals surface area contributed by atoms with E-state index in [0.29, 0.717) is 31.2 Å². The second kappa shape index (κ2) is 9.37. The van der Waals surface area contributed by atoms with Gasteiger partial charge in [-0.1, -0.05) is 30.3 Å². The number of nitrogens with one attached hydrogen (secondary N) is 2. The first-order valence-electron chi connectivity index (χ1n) is 9.27. The lowest BCUT2D eigenvalue weighted by atomic mass is 10.1. The summed E-state index contributed by atoms with van der Waals surface area (Å²) in [6.07, 6.45) is 1.65. The molecule has 0 aliphatic carbocycles. The second-order valence-electron chi connectivity index (χ2n) is 6.50. The van der Waals surface area contributed by atoms with Crippen LogP contribution in [0.4, 0.5) is 5.69 Å². The highest BCUT2D eigenvalue weighted by Gasteiger charge is 2.19. The molecule has 142 valence electrons. The predicted molar refractivity (Wildman–Crippen MR) is 112 cm³/mol. The third-order valence-electron chi connectivity index (χ3n) is 4.42. The van der Waals surface area contributed by atoms with E-state index in [1.807, 2.05) is 36.1 Å². The van der Waals surface area contributed by atoms with E-state index in [1.54, 1.807) is 0 Å². The van der Waals surface area contributed by atoms with Crippen molar-refractivity contribution in [3.8, 4) is 5.75 Å². The van der Waals surface area contributed by atoms with Crippen LogP contribution in [0, 0.1) is 0 Å². The van der Waals surface area contributed by atoms with Gasteiger partial charge in [0, 0.05) is 37.8 Å². The molecule has 1 aliphatic rings. The van der Waals surface area contributed by atoms with Crippen molar-refractivity contribution in [1.82, 2.24) is 10.2 Å². The van der Waals surface area contributed by atoms with Crippen LogP contribution in [0.15, 0.2) is 48.5 Å². The summed E-state index contributed by atoms with van der Waals surface area (Å²) in [6, 6.07) is 16.0. The monoisotopic (exact) mass is 383 g/mol. The lowest BCUT2D eigenvalue weighted by Crippen LogP contribution is -2.28. The molecular weight excluding hydrogens is 358 g/mol. The molecule has 0 spiro atoms. The summed E-state index contributed by atoms with van der Waals surface area (Å²) in [4.78, 5) is 13.6. The molecule has 2 aromatic carbocycles. The topological polar surface area (TPSA) is 53.6 Å². The zero-order valence-electron chi connectivity index (χ0n) is 15.5. The Hall–Kier alpha value is -2.60. The van der Waals surface area contributed by atoms with E-state index in [9.17, 15) is 4.79 Å². The van der Waals surface area contributed by atoms with Crippen molar-refractivity contribution in [3.05, 3.63) is 59.7 Å². The summed E-state index contributed by atoms with van der Waals surface area (Å²) in [7, 11) is 0. The molecule has 0 atom stereocenters. The van der Waals surface area contributed by atoms with Crippen molar-refractivity contribution in [2.24, 2.45) is 0 Å². The van der Waals surface area contributed by atoms with E-state index in [0.717, 1.165) is 35.5 Å². The average Bonchev–Trinajstić information content (AvgIpc) is 3.06. The number of rotatable bonds is 7. The maximum absolute atomic E-state index is 11.7. The third kappa shape index (κ3) is 5.69. The Bertz CT molecular complexity index is 792. The zero-order valence-corrected chi connectivity index (χ0v) is 16.3. The summed E-state index contributed by atoms with van der Waals surface area (Å²) in [5, 5.41) is 6.95. The summed E-state index contributed by atoms with van der Waals surface area (Å²) in [5.74, 6) is 1.07. The molecule has 6 heteroatoms. The van der Waals surface area contributed by atoms with Crippen LogP contribution >= 0.6 is 12.2 Å². The molecule has 27 heavy (non-hydrogen) atoms. The molecule has 0 aromatic heterocycles. The minimum atomic E-state index is 0.255. The van der Waals surface area contributed by atoms with Gasteiger partial charge in [0.25, 0.3) is 0 Å². The Morgan fingerprint density at radius 2 is 1.96 bits per heavy atom. The number of hydrogen-bond acceptors (Lipinski definition) is 3. The van der Waals surface area contributed by atoms with Gasteiger partial charge in [-0.15, -0.1) is 0 Å². The van der Waals surface area contributed by atoms with E-state index >= 15 is 0 Å². The van der Waals surface area contributed by atoms with Crippen LogP contribution in [-0.2, 0) is 17.9 Å². The lowest BCUT2D eigenvalue weighted by molar-refractivity contribution is -0.128. The average molecular weight is 384 g/mol. The molecule has 2 aromatic rings. The Morgan fingerprint density at radius 1 is 1.19 bits per heavy atom. The maximum atomic E-state index is 11.7. The van der Waals surface area contributed by atoms with E-state index < -0.39 is 0 Å². The van der Waals surface area contributed by atoms with E-state index in [4.69, 9.17) is 17.0 Å². The van der Waals surface area contributed by atoms with Crippen LogP contribution in [-0.4, -0.2) is 29.1 Å². The number of amides is 1. The van der Waals surface area contributed by atoms with Gasteiger partial charge in [-0.05, 0) is 48.8 Å². The third-order valence-corrected chi connectivity index (χ3v) is 4.67. The van der Waals surface area contributed by atoms with Gasteiger partial charge in [0.15, 0.2) is 5.11 Å². The summed E-state index contributed by atoms with van der Waals surface area (Å²) < 4.78 is 5.49. The number of ether oxygens (including phenoxy) is 1. The van der Waals surface area contributed by atoms with E-state index in [2.05, 4.69) is 34.9 Å². The zero-order chi connectivity index (χ0) is 19.1. The Kier molecular flexibility index (Phi) is 6.65. The van der Waals surface area contributed by atoms with Gasteiger partial charge in [0.1, 0.15) is 5.75 Å². The highest BCUT2D eigenvalue weighted by molar-refractivity contribution is 7.80. The summed E-state index contributed by atoms with van der Waals surface area (Å²) in [5.41, 5.74) is 3.19. The van der Waals surface area contributed by atoms with Crippen molar-refractivity contribution in [3.63, 3.8) is 0 Å². The lowest BCUT2D eigenvalue weighted by Gasteiger charge is -2.16. The maximum Gasteiger partial charge on any atom is 0.222 e. The smallest absolute Gasteiger partial charge is 0.222 e. The quantitative estimate of drug-likeness (QED) is 0.714. The first kappa shape index (κ1) is 19.2. The number of nitrogens with zero attached hydrogens (tertiary/aromatic N) is 1. The molecule has 1 saturated heterocycles. The van der Waals surface area contributed by atoms with Crippen LogP contribution < -0.4 is 15.4 Å². The number of benzene rings is 2. The normalized spacial score (nSPS) is 13.5. The Morgan fingerprint density at radius 3 is 2.67 bits per heavy atom. The first-order chi connectivity index (χ1) is 13.1. The SMILES string of the molecule is CCOc1cccc(NC(=S)NCc2ccc(CN3CCCC3=O)cc2)c1. The fourth-order valence-electron chi connectivity index (χ4n) is 3.04. The number of hydrogen-bond donors (Lipinski definition) is 2. The van der Waals surface area contributed by atoms with E-state index in [1.165, 1.54) is 0 Å². The van der Waals surface area contributed by atoms with Crippen molar-refractivity contribution >= 4 is 28.9 Å². The highest BCUT2D eigenvalue weighted by atomic mass is 32.1. The number of thiocarbonyl (C=S) groups is 1. The number of carbonyl (C=O) groups excluding carboxylic acids is 1. The van der Waals surface area contributed by atoms with Gasteiger partial charge >= 0.3 is 0 Å². The van der Waals surface area contributed by atoms with Gasteiger partial charge in [-0.2, -0.15) is 0 Å². The van der Waals surface area contributed by atoms with Gasteiger partial charge in [-0.3, -0.25) is 4.79 Å². The fourth-order valence-corrected chi connectivity index (χ4v) is 3.23. The standard InChI is InChI=1S/C21H25N3O2S/c1-2-26-19-6-3-5-18(13-19)23-21(27)22-14-16-8-10-17(11-9-16)15-24-12-4-7-20(24)25/h3,5-6,8-11,13H,2,4,7,12,14-15H2,1H3,(H2,22,23,27). The van der Waals surface area contributed by atoms with Crippen molar-refractivity contribution in [1.29, 1.82) is 0 Å². The fraction of sp³-hybridized carbons (Fsp3) is 0.333. The first-order valence-corrected chi connectivity index (χ1v) is 9.68. The van der Waals surface area contributed by atoms with Crippen LogP contribution in [0.1, 0.15) is 30.9 Å². The van der Waals surface area contributed by atoms with Gasteiger partial charge in [0.05, 0.1) is 6.61 Å². The minimum Gasteiger partial charge on any atom is -0.494 e. The van der Waals surface area contributed by atoms with Gasteiger partial charge in [0.2, 0.25) is 5.91 Å². The molecule has 1 fully saturated rings. The van der Waals surface area contributed by atoms with Crippen molar-refractivity contribution in [2.75, 3.05) is 18.5 Å². The molecule has 2 N–H and O–H groups in total. The van der Waals surface area contributed by atoms with Crippen molar-refractivity contribution in [2.45, 2.75) is 32.9 Å². The van der Waals surface area contributed by atoms with Crippen LogP contribution in [0.2, 0.25) is 0 Å². The van der Waals surface area contributed by atoms with Gasteiger partial charge < -0.3 is 20.3 Å². The molecule has 0 radical (unpaired) electrons. The molecule has 0 saturated carbocycles. The van der Waals surface area contributed by atoms with Gasteiger partial charge in [-0.25, -0.2) is 0 Å². The molecule has 1 aliphatic heterocycles.